The number of hydrogen-bond donors (Lipinski definition) is 0. The number of rotatable bonds is 7. The summed E-state index contributed by atoms with van der Waals surface area (Å²) in [6.45, 7) is 7.52. The van der Waals surface area contributed by atoms with Gasteiger partial charge in [-0.25, -0.2) is 4.79 Å². The molecule has 1 fully saturated rings. The van der Waals surface area contributed by atoms with Gasteiger partial charge >= 0.3 is 14.5 Å². The van der Waals surface area contributed by atoms with Crippen molar-refractivity contribution in [3.63, 3.8) is 0 Å². The number of hydrogen-bond acceptors (Lipinski definition) is 5. The molecule has 2 atom stereocenters. The Hall–Kier alpha value is -0.693. The van der Waals surface area contributed by atoms with Crippen LogP contribution in [0.3, 0.4) is 0 Å². The monoisotopic (exact) mass is 316 g/mol. The molecule has 0 saturated carbocycles. The summed E-state index contributed by atoms with van der Waals surface area (Å²) in [5.74, 6) is -0.427. The molecule has 1 rings (SSSR count). The summed E-state index contributed by atoms with van der Waals surface area (Å²) in [4.78, 5) is 11.9. The third-order valence-corrected chi connectivity index (χ3v) is 9.31. The SMILES string of the molecule is C=CC(=O)OC1(CCC)CCC[Si](OC)(OC)C1(C)OC. The van der Waals surface area contributed by atoms with Crippen LogP contribution in [0.4, 0.5) is 0 Å². The minimum Gasteiger partial charge on any atom is -0.453 e. The van der Waals surface area contributed by atoms with Crippen molar-refractivity contribution in [1.82, 2.24) is 0 Å². The molecule has 0 amide bonds. The fraction of sp³-hybridized carbons (Fsp3) is 0.800. The first-order valence-corrected chi connectivity index (χ1v) is 9.44. The molecule has 2 unspecified atom stereocenters. The molecule has 1 saturated heterocycles. The van der Waals surface area contributed by atoms with E-state index in [1.807, 2.05) is 6.92 Å². The first kappa shape index (κ1) is 18.4. The predicted octanol–water partition coefficient (Wildman–Crippen LogP) is 2.73. The van der Waals surface area contributed by atoms with E-state index in [-0.39, 0.29) is 0 Å². The van der Waals surface area contributed by atoms with Crippen LogP contribution in [-0.2, 0) is 23.1 Å². The molecule has 122 valence electrons. The van der Waals surface area contributed by atoms with Crippen molar-refractivity contribution in [1.29, 1.82) is 0 Å². The van der Waals surface area contributed by atoms with Crippen LogP contribution >= 0.6 is 0 Å². The molecule has 0 aromatic carbocycles. The topological polar surface area (TPSA) is 54.0 Å². The molecular weight excluding hydrogens is 288 g/mol. The Labute approximate surface area is 128 Å². The number of methoxy groups -OCH3 is 1. The van der Waals surface area contributed by atoms with Gasteiger partial charge in [0.15, 0.2) is 0 Å². The van der Waals surface area contributed by atoms with Crippen LogP contribution < -0.4 is 0 Å². The third kappa shape index (κ3) is 2.82. The zero-order chi connectivity index (χ0) is 16.1. The molecule has 0 aromatic heterocycles. The number of esters is 1. The molecule has 6 heteroatoms. The van der Waals surface area contributed by atoms with Gasteiger partial charge in [-0.05, 0) is 32.2 Å². The second-order valence-corrected chi connectivity index (χ2v) is 9.40. The average Bonchev–Trinajstić information content (AvgIpc) is 2.50. The summed E-state index contributed by atoms with van der Waals surface area (Å²) < 4.78 is 23.4. The highest BCUT2D eigenvalue weighted by Crippen LogP contribution is 2.50. The minimum absolute atomic E-state index is 0.427. The maximum atomic E-state index is 11.9. The van der Waals surface area contributed by atoms with Gasteiger partial charge in [0.1, 0.15) is 10.8 Å². The van der Waals surface area contributed by atoms with Crippen molar-refractivity contribution in [2.75, 3.05) is 21.3 Å². The molecule has 1 aliphatic rings. The van der Waals surface area contributed by atoms with Crippen LogP contribution in [-0.4, -0.2) is 46.7 Å². The Morgan fingerprint density at radius 2 is 1.95 bits per heavy atom. The van der Waals surface area contributed by atoms with Crippen LogP contribution in [0.25, 0.3) is 0 Å². The van der Waals surface area contributed by atoms with E-state index in [2.05, 4.69) is 13.5 Å². The summed E-state index contributed by atoms with van der Waals surface area (Å²) in [6, 6.07) is 0.821. The lowest BCUT2D eigenvalue weighted by atomic mass is 9.85. The van der Waals surface area contributed by atoms with Gasteiger partial charge < -0.3 is 18.3 Å². The lowest BCUT2D eigenvalue weighted by molar-refractivity contribution is -0.193. The van der Waals surface area contributed by atoms with E-state index in [0.717, 1.165) is 25.3 Å². The van der Waals surface area contributed by atoms with E-state index in [9.17, 15) is 4.79 Å². The Balaban J connectivity index is 3.37. The zero-order valence-corrected chi connectivity index (χ0v) is 14.9. The molecule has 1 heterocycles. The Morgan fingerprint density at radius 1 is 1.33 bits per heavy atom. The van der Waals surface area contributed by atoms with E-state index >= 15 is 0 Å². The van der Waals surface area contributed by atoms with Crippen LogP contribution in [0.5, 0.6) is 0 Å². The highest BCUT2D eigenvalue weighted by Gasteiger charge is 2.69. The van der Waals surface area contributed by atoms with E-state index < -0.39 is 25.4 Å². The molecule has 0 N–H and O–H groups in total. The smallest absolute Gasteiger partial charge is 0.374 e. The molecule has 0 aromatic rings. The average molecular weight is 316 g/mol. The van der Waals surface area contributed by atoms with Crippen molar-refractivity contribution in [2.45, 2.75) is 56.4 Å². The minimum atomic E-state index is -2.67. The fourth-order valence-corrected chi connectivity index (χ4v) is 7.43. The number of carbonyl (C=O) groups excluding carboxylic acids is 1. The van der Waals surface area contributed by atoms with E-state index in [4.69, 9.17) is 18.3 Å². The summed E-state index contributed by atoms with van der Waals surface area (Å²) in [5.41, 5.74) is -0.738. The summed E-state index contributed by atoms with van der Waals surface area (Å²) in [5, 5.41) is -0.767. The van der Waals surface area contributed by atoms with Crippen LogP contribution in [0.2, 0.25) is 6.04 Å². The van der Waals surface area contributed by atoms with Crippen molar-refractivity contribution < 1.29 is 23.1 Å². The number of carbonyl (C=O) groups is 1. The summed E-state index contributed by atoms with van der Waals surface area (Å²) in [7, 11) is 2.28. The molecule has 0 spiro atoms. The largest absolute Gasteiger partial charge is 0.453 e. The molecule has 5 nitrogen and oxygen atoms in total. The fourth-order valence-electron chi connectivity index (χ4n) is 3.65. The highest BCUT2D eigenvalue weighted by atomic mass is 28.4. The second-order valence-electron chi connectivity index (χ2n) is 5.62. The second kappa shape index (κ2) is 7.04. The van der Waals surface area contributed by atoms with E-state index in [1.165, 1.54) is 6.08 Å². The van der Waals surface area contributed by atoms with E-state index in [0.29, 0.717) is 6.42 Å². The van der Waals surface area contributed by atoms with Crippen molar-refractivity contribution in [3.05, 3.63) is 12.7 Å². The van der Waals surface area contributed by atoms with Gasteiger partial charge in [0.2, 0.25) is 0 Å². The molecule has 1 aliphatic heterocycles. The van der Waals surface area contributed by atoms with Gasteiger partial charge in [-0.15, -0.1) is 0 Å². The summed E-state index contributed by atoms with van der Waals surface area (Å²) >= 11 is 0. The van der Waals surface area contributed by atoms with Crippen LogP contribution in [0.15, 0.2) is 12.7 Å². The lowest BCUT2D eigenvalue weighted by Crippen LogP contribution is -2.75. The van der Waals surface area contributed by atoms with Gasteiger partial charge in [-0.3, -0.25) is 0 Å². The maximum absolute atomic E-state index is 11.9. The Kier molecular flexibility index (Phi) is 6.16. The standard InChI is InChI=1S/C15H28O5Si/c1-7-10-15(20-13(16)8-2)11-9-12-21(18-5,19-6)14(15,3)17-4/h8H,2,7,9-12H2,1,3-6H3. The maximum Gasteiger partial charge on any atom is 0.374 e. The van der Waals surface area contributed by atoms with Crippen molar-refractivity contribution >= 4 is 14.5 Å². The molecule has 0 bridgehead atoms. The number of ether oxygens (including phenoxy) is 2. The Morgan fingerprint density at radius 3 is 2.38 bits per heavy atom. The lowest BCUT2D eigenvalue weighted by Gasteiger charge is -2.56. The predicted molar refractivity (Wildman–Crippen MR) is 83.2 cm³/mol. The first-order chi connectivity index (χ1) is 9.90. The van der Waals surface area contributed by atoms with E-state index in [1.54, 1.807) is 21.3 Å². The van der Waals surface area contributed by atoms with Gasteiger partial charge in [-0.2, -0.15) is 0 Å². The zero-order valence-electron chi connectivity index (χ0n) is 13.9. The molecule has 0 radical (unpaired) electrons. The van der Waals surface area contributed by atoms with Crippen molar-refractivity contribution in [2.24, 2.45) is 0 Å². The molecular formula is C15H28O5Si. The van der Waals surface area contributed by atoms with Gasteiger partial charge in [-0.1, -0.05) is 19.9 Å². The normalized spacial score (nSPS) is 31.7. The van der Waals surface area contributed by atoms with Gasteiger partial charge in [0.05, 0.1) is 0 Å². The van der Waals surface area contributed by atoms with Crippen molar-refractivity contribution in [3.8, 4) is 0 Å². The van der Waals surface area contributed by atoms with Gasteiger partial charge in [0.25, 0.3) is 0 Å². The molecule has 21 heavy (non-hydrogen) atoms. The first-order valence-electron chi connectivity index (χ1n) is 7.41. The van der Waals surface area contributed by atoms with Crippen LogP contribution in [0.1, 0.15) is 39.5 Å². The third-order valence-electron chi connectivity index (χ3n) is 4.87. The molecule has 0 aliphatic carbocycles. The summed E-state index contributed by atoms with van der Waals surface area (Å²) in [6.07, 6.45) is 4.41. The van der Waals surface area contributed by atoms with Crippen LogP contribution in [0, 0.1) is 0 Å². The Bertz CT molecular complexity index is 378. The van der Waals surface area contributed by atoms with Gasteiger partial charge in [0, 0.05) is 27.4 Å². The highest BCUT2D eigenvalue weighted by molar-refractivity contribution is 6.71. The quantitative estimate of drug-likeness (QED) is 0.411.